The van der Waals surface area contributed by atoms with Crippen LogP contribution in [-0.2, 0) is 11.3 Å². The molecule has 0 aliphatic heterocycles. The highest BCUT2D eigenvalue weighted by molar-refractivity contribution is 5.86. The summed E-state index contributed by atoms with van der Waals surface area (Å²) >= 11 is 0. The van der Waals surface area contributed by atoms with Gasteiger partial charge in [-0.3, -0.25) is 0 Å². The number of hydrogen-bond acceptors (Lipinski definition) is 6. The van der Waals surface area contributed by atoms with Gasteiger partial charge in [-0.05, 0) is 42.5 Å². The Morgan fingerprint density at radius 2 is 1.83 bits per heavy atom. The fourth-order valence-electron chi connectivity index (χ4n) is 1.95. The summed E-state index contributed by atoms with van der Waals surface area (Å²) in [5.74, 6) is 2.00. The van der Waals surface area contributed by atoms with E-state index in [1.165, 1.54) is 7.11 Å². The van der Waals surface area contributed by atoms with Gasteiger partial charge in [-0.2, -0.15) is 0 Å². The Hall–Kier alpha value is -3.28. The van der Waals surface area contributed by atoms with E-state index < -0.39 is 5.97 Å². The molecule has 1 aromatic carbocycles. The summed E-state index contributed by atoms with van der Waals surface area (Å²) in [7, 11) is 1.30. The SMILES string of the molecule is COC(=O)c1ccc(COc2ccc(Oc3ccccn3)cc2)o1. The predicted octanol–water partition coefficient (Wildman–Crippen LogP) is 3.83. The average Bonchev–Trinajstić information content (AvgIpc) is 3.10. The second-order valence-electron chi connectivity index (χ2n) is 4.79. The summed E-state index contributed by atoms with van der Waals surface area (Å²) in [6.07, 6.45) is 1.67. The zero-order valence-electron chi connectivity index (χ0n) is 13.0. The van der Waals surface area contributed by atoms with E-state index in [0.29, 0.717) is 23.1 Å². The Bertz CT molecular complexity index is 796. The van der Waals surface area contributed by atoms with Gasteiger partial charge < -0.3 is 18.6 Å². The van der Waals surface area contributed by atoms with Crippen molar-refractivity contribution in [3.05, 3.63) is 72.3 Å². The lowest BCUT2D eigenvalue weighted by atomic mass is 10.3. The average molecular weight is 325 g/mol. The molecule has 0 aliphatic carbocycles. The van der Waals surface area contributed by atoms with E-state index in [9.17, 15) is 4.79 Å². The van der Waals surface area contributed by atoms with Gasteiger partial charge in [0.1, 0.15) is 23.9 Å². The fraction of sp³-hybridized carbons (Fsp3) is 0.111. The standard InChI is InChI=1S/C18H15NO5/c1-21-18(20)16-10-9-15(23-16)12-22-13-5-7-14(8-6-13)24-17-4-2-3-11-19-17/h2-11H,12H2,1H3. The summed E-state index contributed by atoms with van der Waals surface area (Å²) in [6, 6.07) is 15.8. The van der Waals surface area contributed by atoms with Crippen LogP contribution in [0.4, 0.5) is 0 Å². The highest BCUT2D eigenvalue weighted by Gasteiger charge is 2.11. The molecule has 0 aliphatic rings. The number of rotatable bonds is 6. The normalized spacial score (nSPS) is 10.2. The minimum absolute atomic E-state index is 0.148. The minimum atomic E-state index is -0.516. The minimum Gasteiger partial charge on any atom is -0.486 e. The van der Waals surface area contributed by atoms with E-state index in [2.05, 4.69) is 9.72 Å². The predicted molar refractivity (Wildman–Crippen MR) is 85.1 cm³/mol. The molecular formula is C18H15NO5. The molecule has 24 heavy (non-hydrogen) atoms. The van der Waals surface area contributed by atoms with Crippen LogP contribution in [0, 0.1) is 0 Å². The van der Waals surface area contributed by atoms with Crippen molar-refractivity contribution in [1.82, 2.24) is 4.98 Å². The second kappa shape index (κ2) is 7.32. The molecule has 0 N–H and O–H groups in total. The van der Waals surface area contributed by atoms with E-state index >= 15 is 0 Å². The van der Waals surface area contributed by atoms with Crippen molar-refractivity contribution in [3.8, 4) is 17.4 Å². The first-order chi connectivity index (χ1) is 11.7. The molecule has 3 aromatic rings. The second-order valence-corrected chi connectivity index (χ2v) is 4.79. The van der Waals surface area contributed by atoms with Crippen LogP contribution in [0.15, 0.2) is 65.2 Å². The van der Waals surface area contributed by atoms with Crippen molar-refractivity contribution in [2.75, 3.05) is 7.11 Å². The molecule has 2 aromatic heterocycles. The van der Waals surface area contributed by atoms with Gasteiger partial charge >= 0.3 is 5.97 Å². The molecule has 0 unspecified atom stereocenters. The molecule has 0 atom stereocenters. The lowest BCUT2D eigenvalue weighted by molar-refractivity contribution is 0.0561. The van der Waals surface area contributed by atoms with Crippen LogP contribution in [0.3, 0.4) is 0 Å². The van der Waals surface area contributed by atoms with Crippen molar-refractivity contribution in [2.45, 2.75) is 6.61 Å². The summed E-state index contributed by atoms with van der Waals surface area (Å²) in [5, 5.41) is 0. The van der Waals surface area contributed by atoms with Crippen molar-refractivity contribution >= 4 is 5.97 Å². The molecule has 0 bridgehead atoms. The topological polar surface area (TPSA) is 70.8 Å². The van der Waals surface area contributed by atoms with Gasteiger partial charge in [0, 0.05) is 12.3 Å². The van der Waals surface area contributed by atoms with E-state index in [1.807, 2.05) is 12.1 Å². The van der Waals surface area contributed by atoms with Crippen molar-refractivity contribution in [3.63, 3.8) is 0 Å². The molecule has 0 saturated heterocycles. The van der Waals surface area contributed by atoms with E-state index in [0.717, 1.165) is 0 Å². The number of hydrogen-bond donors (Lipinski definition) is 0. The van der Waals surface area contributed by atoms with Gasteiger partial charge in [0.05, 0.1) is 7.11 Å². The van der Waals surface area contributed by atoms with E-state index in [-0.39, 0.29) is 12.4 Å². The number of methoxy groups -OCH3 is 1. The lowest BCUT2D eigenvalue weighted by Crippen LogP contribution is -1.99. The highest BCUT2D eigenvalue weighted by Crippen LogP contribution is 2.23. The van der Waals surface area contributed by atoms with Gasteiger partial charge in [-0.25, -0.2) is 9.78 Å². The van der Waals surface area contributed by atoms with Crippen molar-refractivity contribution in [2.24, 2.45) is 0 Å². The van der Waals surface area contributed by atoms with E-state index in [1.54, 1.807) is 48.7 Å². The lowest BCUT2D eigenvalue weighted by Gasteiger charge is -2.07. The maximum atomic E-state index is 11.3. The van der Waals surface area contributed by atoms with Crippen LogP contribution in [0.1, 0.15) is 16.3 Å². The zero-order valence-corrected chi connectivity index (χ0v) is 13.0. The fourth-order valence-corrected chi connectivity index (χ4v) is 1.95. The number of pyridine rings is 1. The van der Waals surface area contributed by atoms with Crippen LogP contribution in [0.5, 0.6) is 17.4 Å². The summed E-state index contributed by atoms with van der Waals surface area (Å²) in [6.45, 7) is 0.206. The molecule has 122 valence electrons. The third kappa shape index (κ3) is 3.92. The van der Waals surface area contributed by atoms with Gasteiger partial charge in [0.2, 0.25) is 11.6 Å². The zero-order chi connectivity index (χ0) is 16.8. The number of benzene rings is 1. The maximum Gasteiger partial charge on any atom is 0.373 e. The Kier molecular flexibility index (Phi) is 4.76. The van der Waals surface area contributed by atoms with E-state index in [4.69, 9.17) is 13.9 Å². The smallest absolute Gasteiger partial charge is 0.373 e. The molecule has 2 heterocycles. The largest absolute Gasteiger partial charge is 0.486 e. The summed E-state index contributed by atoms with van der Waals surface area (Å²) < 4.78 is 21.1. The quantitative estimate of drug-likeness (QED) is 0.641. The van der Waals surface area contributed by atoms with Crippen LogP contribution in [0.2, 0.25) is 0 Å². The monoisotopic (exact) mass is 325 g/mol. The van der Waals surface area contributed by atoms with Crippen molar-refractivity contribution < 1.29 is 23.4 Å². The van der Waals surface area contributed by atoms with Crippen LogP contribution in [-0.4, -0.2) is 18.1 Å². The number of ether oxygens (including phenoxy) is 3. The first kappa shape index (κ1) is 15.6. The maximum absolute atomic E-state index is 11.3. The Labute approximate surface area is 138 Å². The molecule has 6 nitrogen and oxygen atoms in total. The molecule has 0 saturated carbocycles. The number of furan rings is 1. The number of aromatic nitrogens is 1. The highest BCUT2D eigenvalue weighted by atomic mass is 16.5. The van der Waals surface area contributed by atoms with Gasteiger partial charge in [0.15, 0.2) is 0 Å². The number of nitrogens with zero attached hydrogens (tertiary/aromatic N) is 1. The Morgan fingerprint density at radius 1 is 1.04 bits per heavy atom. The summed E-state index contributed by atoms with van der Waals surface area (Å²) in [5.41, 5.74) is 0. The molecular weight excluding hydrogens is 310 g/mol. The Morgan fingerprint density at radius 3 is 2.54 bits per heavy atom. The molecule has 0 fully saturated rings. The summed E-state index contributed by atoms with van der Waals surface area (Å²) in [4.78, 5) is 15.4. The number of carbonyl (C=O) groups excluding carboxylic acids is 1. The van der Waals surface area contributed by atoms with Gasteiger partial charge in [-0.1, -0.05) is 6.07 Å². The first-order valence-corrected chi connectivity index (χ1v) is 7.23. The Balaban J connectivity index is 1.56. The number of carbonyl (C=O) groups is 1. The number of esters is 1. The van der Waals surface area contributed by atoms with Gasteiger partial charge in [-0.15, -0.1) is 0 Å². The molecule has 0 amide bonds. The van der Waals surface area contributed by atoms with Crippen LogP contribution < -0.4 is 9.47 Å². The van der Waals surface area contributed by atoms with Crippen molar-refractivity contribution in [1.29, 1.82) is 0 Å². The molecule has 0 spiro atoms. The van der Waals surface area contributed by atoms with Gasteiger partial charge in [0.25, 0.3) is 0 Å². The molecule has 3 rings (SSSR count). The third-order valence-corrected chi connectivity index (χ3v) is 3.11. The van der Waals surface area contributed by atoms with Crippen LogP contribution >= 0.6 is 0 Å². The molecule has 0 radical (unpaired) electrons. The third-order valence-electron chi connectivity index (χ3n) is 3.11. The van der Waals surface area contributed by atoms with Crippen LogP contribution in [0.25, 0.3) is 0 Å². The first-order valence-electron chi connectivity index (χ1n) is 7.23. The molecule has 6 heteroatoms.